The molecule has 0 aromatic rings. The minimum atomic E-state index is -0.0682. The third-order valence-electron chi connectivity index (χ3n) is 8.03. The normalized spacial score (nSPS) is 33.6. The summed E-state index contributed by atoms with van der Waals surface area (Å²) < 4.78 is 12.1. The van der Waals surface area contributed by atoms with Gasteiger partial charge in [0.2, 0.25) is 0 Å². The lowest BCUT2D eigenvalue weighted by Gasteiger charge is -2.48. The summed E-state index contributed by atoms with van der Waals surface area (Å²) in [7, 11) is 3.72. The first-order valence-electron chi connectivity index (χ1n) is 11.6. The zero-order chi connectivity index (χ0) is 19.8. The van der Waals surface area contributed by atoms with Gasteiger partial charge in [-0.15, -0.1) is 0 Å². The molecule has 5 rings (SSSR count). The average Bonchev–Trinajstić information content (AvgIpc) is 3.14. The predicted octanol–water partition coefficient (Wildman–Crippen LogP) is 4.43. The van der Waals surface area contributed by atoms with Crippen LogP contribution in [0.3, 0.4) is 0 Å². The van der Waals surface area contributed by atoms with Crippen LogP contribution in [0, 0.1) is 16.7 Å². The van der Waals surface area contributed by atoms with E-state index in [1.54, 1.807) is 0 Å². The van der Waals surface area contributed by atoms with E-state index in [0.29, 0.717) is 0 Å². The molecule has 5 aliphatic rings. The maximum atomic E-state index is 6.07. The molecule has 0 aromatic heterocycles. The number of rotatable bonds is 7. The number of piperidine rings is 3. The van der Waals surface area contributed by atoms with Crippen molar-refractivity contribution in [3.63, 3.8) is 0 Å². The summed E-state index contributed by atoms with van der Waals surface area (Å²) in [6.45, 7) is 10.8. The highest BCUT2D eigenvalue weighted by Gasteiger charge is 2.50. The third kappa shape index (κ3) is 3.31. The molecule has 0 aromatic carbocycles. The summed E-state index contributed by atoms with van der Waals surface area (Å²) >= 11 is 0. The van der Waals surface area contributed by atoms with Crippen molar-refractivity contribution in [2.24, 2.45) is 16.7 Å². The Kier molecular flexibility index (Phi) is 5.81. The van der Waals surface area contributed by atoms with E-state index in [2.05, 4.69) is 35.8 Å². The average molecular weight is 389 g/mol. The smallest absolute Gasteiger partial charge is 0.106 e. The predicted molar refractivity (Wildman–Crippen MR) is 114 cm³/mol. The summed E-state index contributed by atoms with van der Waals surface area (Å²) in [5.41, 5.74) is 0.00890. The Morgan fingerprint density at radius 2 is 1.57 bits per heavy atom. The van der Waals surface area contributed by atoms with Crippen molar-refractivity contribution in [3.05, 3.63) is 23.7 Å². The summed E-state index contributed by atoms with van der Waals surface area (Å²) in [6, 6.07) is 0.749. The van der Waals surface area contributed by atoms with E-state index in [1.165, 1.54) is 45.4 Å². The van der Waals surface area contributed by atoms with Gasteiger partial charge in [-0.05, 0) is 69.8 Å². The van der Waals surface area contributed by atoms with Crippen LogP contribution in [0.4, 0.5) is 0 Å². The Balaban J connectivity index is 1.60. The lowest BCUT2D eigenvalue weighted by Crippen LogP contribution is -2.57. The fourth-order valence-corrected chi connectivity index (χ4v) is 6.70. The molecule has 4 heterocycles. The number of methoxy groups -OCH3 is 2. The van der Waals surface area contributed by atoms with Gasteiger partial charge in [0, 0.05) is 24.5 Å². The number of hydrogen-bond donors (Lipinski definition) is 0. The van der Waals surface area contributed by atoms with Crippen molar-refractivity contribution in [1.82, 2.24) is 9.80 Å². The van der Waals surface area contributed by atoms with E-state index >= 15 is 0 Å². The Morgan fingerprint density at radius 3 is 2.04 bits per heavy atom. The highest BCUT2D eigenvalue weighted by molar-refractivity contribution is 5.35. The number of ether oxygens (including phenoxy) is 2. The summed E-state index contributed by atoms with van der Waals surface area (Å²) in [5.74, 6) is 3.22. The molecule has 1 aliphatic carbocycles. The molecule has 0 radical (unpaired) electrons. The fraction of sp³-hybridized carbons (Fsp3) is 0.833. The van der Waals surface area contributed by atoms with Crippen molar-refractivity contribution < 1.29 is 9.47 Å². The van der Waals surface area contributed by atoms with Crippen LogP contribution in [-0.4, -0.2) is 62.8 Å². The molecule has 4 fully saturated rings. The second-order valence-electron chi connectivity index (χ2n) is 9.67. The van der Waals surface area contributed by atoms with Gasteiger partial charge in [-0.3, -0.25) is 4.90 Å². The Hall–Kier alpha value is -1.00. The minimum absolute atomic E-state index is 0.0682. The van der Waals surface area contributed by atoms with Crippen LogP contribution in [0.15, 0.2) is 23.7 Å². The molecule has 0 N–H and O–H groups in total. The van der Waals surface area contributed by atoms with Crippen LogP contribution >= 0.6 is 0 Å². The van der Waals surface area contributed by atoms with E-state index in [1.807, 2.05) is 14.2 Å². The standard InChI is InChI=1S/C24H40N2O2/c1-5-9-24(10-6-2)21(27-3)15-23(16-22(24)28-4)11-14-26(18-23)20-17-25-12-7-19(20)8-13-25/h15-16,19-20H,5-14,17-18H2,1-4H3. The molecule has 4 nitrogen and oxygen atoms in total. The molecule has 0 amide bonds. The number of nitrogens with zero attached hydrogens (tertiary/aromatic N) is 2. The number of likely N-dealkylation sites (tertiary alicyclic amines) is 1. The van der Waals surface area contributed by atoms with Crippen LogP contribution < -0.4 is 0 Å². The molecule has 0 saturated carbocycles. The van der Waals surface area contributed by atoms with Crippen molar-refractivity contribution in [2.75, 3.05) is 46.9 Å². The number of fused-ring (bicyclic) bond motifs is 3. The maximum absolute atomic E-state index is 6.07. The first kappa shape index (κ1) is 20.3. The van der Waals surface area contributed by atoms with E-state index < -0.39 is 0 Å². The quantitative estimate of drug-likeness (QED) is 0.644. The Morgan fingerprint density at radius 1 is 0.964 bits per heavy atom. The summed E-state index contributed by atoms with van der Waals surface area (Å²) in [5, 5.41) is 0. The van der Waals surface area contributed by atoms with Crippen LogP contribution in [0.25, 0.3) is 0 Å². The van der Waals surface area contributed by atoms with E-state index in [9.17, 15) is 0 Å². The molecule has 4 saturated heterocycles. The largest absolute Gasteiger partial charge is 0.500 e. The van der Waals surface area contributed by atoms with Gasteiger partial charge in [-0.2, -0.15) is 0 Å². The van der Waals surface area contributed by atoms with Gasteiger partial charge in [-0.25, -0.2) is 0 Å². The second kappa shape index (κ2) is 8.02. The molecule has 1 atom stereocenters. The highest BCUT2D eigenvalue weighted by Crippen LogP contribution is 2.53. The minimum Gasteiger partial charge on any atom is -0.500 e. The van der Waals surface area contributed by atoms with E-state index in [-0.39, 0.29) is 10.8 Å². The van der Waals surface area contributed by atoms with Gasteiger partial charge >= 0.3 is 0 Å². The SMILES string of the molecule is CCCC1(CCC)C(OC)=CC2(C=C1OC)CCN(C1CN3CCC1CC3)C2. The topological polar surface area (TPSA) is 24.9 Å². The Labute approximate surface area is 171 Å². The van der Waals surface area contributed by atoms with Crippen LogP contribution in [0.2, 0.25) is 0 Å². The first-order valence-corrected chi connectivity index (χ1v) is 11.6. The van der Waals surface area contributed by atoms with Gasteiger partial charge in [0.15, 0.2) is 0 Å². The molecular weight excluding hydrogens is 348 g/mol. The Bertz CT molecular complexity index is 588. The van der Waals surface area contributed by atoms with Crippen LogP contribution in [0.5, 0.6) is 0 Å². The molecule has 4 heteroatoms. The maximum Gasteiger partial charge on any atom is 0.106 e. The summed E-state index contributed by atoms with van der Waals surface area (Å²) in [6.07, 6.45) is 13.4. The molecule has 28 heavy (non-hydrogen) atoms. The van der Waals surface area contributed by atoms with Gasteiger partial charge < -0.3 is 14.4 Å². The second-order valence-corrected chi connectivity index (χ2v) is 9.67. The van der Waals surface area contributed by atoms with Crippen molar-refractivity contribution in [1.29, 1.82) is 0 Å². The summed E-state index contributed by atoms with van der Waals surface area (Å²) in [4.78, 5) is 5.47. The lowest BCUT2D eigenvalue weighted by atomic mass is 9.67. The first-order chi connectivity index (χ1) is 13.6. The van der Waals surface area contributed by atoms with Gasteiger partial charge in [0.25, 0.3) is 0 Å². The highest BCUT2D eigenvalue weighted by atomic mass is 16.5. The monoisotopic (exact) mass is 388 g/mol. The van der Waals surface area contributed by atoms with Crippen molar-refractivity contribution >= 4 is 0 Å². The van der Waals surface area contributed by atoms with E-state index in [4.69, 9.17) is 9.47 Å². The zero-order valence-electron chi connectivity index (χ0n) is 18.5. The van der Waals surface area contributed by atoms with E-state index in [0.717, 1.165) is 55.7 Å². The van der Waals surface area contributed by atoms with Crippen molar-refractivity contribution in [3.8, 4) is 0 Å². The lowest BCUT2D eigenvalue weighted by molar-refractivity contribution is 0.0127. The third-order valence-corrected chi connectivity index (χ3v) is 8.03. The van der Waals surface area contributed by atoms with Gasteiger partial charge in [0.1, 0.15) is 11.5 Å². The molecule has 1 spiro atoms. The van der Waals surface area contributed by atoms with Crippen LogP contribution in [0.1, 0.15) is 58.8 Å². The molecular formula is C24H40N2O2. The van der Waals surface area contributed by atoms with Gasteiger partial charge in [-0.1, -0.05) is 26.7 Å². The van der Waals surface area contributed by atoms with Crippen LogP contribution in [-0.2, 0) is 9.47 Å². The van der Waals surface area contributed by atoms with Crippen molar-refractivity contribution in [2.45, 2.75) is 64.8 Å². The zero-order valence-corrected chi connectivity index (χ0v) is 18.5. The van der Waals surface area contributed by atoms with Gasteiger partial charge in [0.05, 0.1) is 19.6 Å². The molecule has 1 unspecified atom stereocenters. The number of hydrogen-bond acceptors (Lipinski definition) is 4. The fourth-order valence-electron chi connectivity index (χ4n) is 6.70. The molecule has 4 aliphatic heterocycles. The molecule has 158 valence electrons. The molecule has 2 bridgehead atoms.